The monoisotopic (exact) mass is 468 g/mol. The molecule has 1 saturated carbocycles. The van der Waals surface area contributed by atoms with E-state index in [9.17, 15) is 4.79 Å². The quantitative estimate of drug-likeness (QED) is 0.189. The van der Waals surface area contributed by atoms with Crippen LogP contribution in [0.25, 0.3) is 0 Å². The van der Waals surface area contributed by atoms with E-state index in [0.29, 0.717) is 18.4 Å². The van der Waals surface area contributed by atoms with Gasteiger partial charge in [0.1, 0.15) is 0 Å². The topological polar surface area (TPSA) is 74.8 Å². The van der Waals surface area contributed by atoms with Gasteiger partial charge in [-0.05, 0) is 38.0 Å². The van der Waals surface area contributed by atoms with E-state index in [1.165, 1.54) is 25.7 Å². The van der Waals surface area contributed by atoms with E-state index >= 15 is 0 Å². The summed E-state index contributed by atoms with van der Waals surface area (Å²) in [5.41, 5.74) is 0.325. The zero-order valence-electron chi connectivity index (χ0n) is 16.2. The summed E-state index contributed by atoms with van der Waals surface area (Å²) >= 11 is 0. The first-order chi connectivity index (χ1) is 11.7. The average Bonchev–Trinajstić information content (AvgIpc) is 3.05. The van der Waals surface area contributed by atoms with E-state index in [1.807, 2.05) is 6.92 Å². The van der Waals surface area contributed by atoms with Gasteiger partial charge in [-0.15, -0.1) is 24.0 Å². The maximum absolute atomic E-state index is 11.6. The third kappa shape index (κ3) is 10.2. The number of nitrogens with zero attached hydrogens (tertiary/aromatic N) is 1. The maximum Gasteiger partial charge on any atom is 0.221 e. The number of carbonyl (C=O) groups excluding carboxylic acids is 1. The van der Waals surface area contributed by atoms with E-state index in [1.54, 1.807) is 7.05 Å². The highest BCUT2D eigenvalue weighted by Gasteiger charge is 2.33. The van der Waals surface area contributed by atoms with Crippen molar-refractivity contribution in [1.29, 1.82) is 0 Å². The molecule has 7 heteroatoms. The lowest BCUT2D eigenvalue weighted by molar-refractivity contribution is -0.120. The van der Waals surface area contributed by atoms with E-state index in [-0.39, 0.29) is 29.9 Å². The zero-order valence-corrected chi connectivity index (χ0v) is 18.5. The molecule has 0 saturated heterocycles. The van der Waals surface area contributed by atoms with Crippen molar-refractivity contribution in [1.82, 2.24) is 16.0 Å². The molecule has 0 unspecified atom stereocenters. The third-order valence-electron chi connectivity index (χ3n) is 4.72. The standard InChI is InChI=1S/C18H36N4O2.HI/c1-4-12-20-16(23)8-13-21-17(19-3)22-15-18(9-6-7-10-18)11-14-24-5-2;/h4-15H2,1-3H3,(H,20,23)(H2,19,21,22);1H. The second-order valence-corrected chi connectivity index (χ2v) is 6.61. The number of halogens is 1. The van der Waals surface area contributed by atoms with Crippen LogP contribution in [0.2, 0.25) is 0 Å². The molecule has 25 heavy (non-hydrogen) atoms. The van der Waals surface area contributed by atoms with Crippen LogP contribution in [-0.4, -0.2) is 51.8 Å². The van der Waals surface area contributed by atoms with Crippen molar-refractivity contribution in [3.8, 4) is 0 Å². The highest BCUT2D eigenvalue weighted by molar-refractivity contribution is 14.0. The summed E-state index contributed by atoms with van der Waals surface area (Å²) in [5, 5.41) is 9.56. The van der Waals surface area contributed by atoms with Crippen LogP contribution in [0, 0.1) is 5.41 Å². The molecular weight excluding hydrogens is 431 g/mol. The van der Waals surface area contributed by atoms with Gasteiger partial charge in [0, 0.05) is 46.3 Å². The van der Waals surface area contributed by atoms with E-state index in [2.05, 4.69) is 27.9 Å². The molecule has 0 aliphatic heterocycles. The summed E-state index contributed by atoms with van der Waals surface area (Å²) in [6.07, 6.45) is 7.65. The molecule has 1 aliphatic carbocycles. The van der Waals surface area contributed by atoms with Gasteiger partial charge in [-0.25, -0.2) is 0 Å². The van der Waals surface area contributed by atoms with Crippen molar-refractivity contribution in [3.05, 3.63) is 0 Å². The zero-order chi connectivity index (χ0) is 17.7. The second kappa shape index (κ2) is 14.6. The Morgan fingerprint density at radius 1 is 1.12 bits per heavy atom. The minimum Gasteiger partial charge on any atom is -0.382 e. The predicted octanol–water partition coefficient (Wildman–Crippen LogP) is 2.67. The Morgan fingerprint density at radius 3 is 2.44 bits per heavy atom. The van der Waals surface area contributed by atoms with Gasteiger partial charge in [0.05, 0.1) is 0 Å². The van der Waals surface area contributed by atoms with Crippen LogP contribution in [0.3, 0.4) is 0 Å². The number of aliphatic imine (C=N–C) groups is 1. The molecule has 0 aromatic carbocycles. The Morgan fingerprint density at radius 2 is 1.84 bits per heavy atom. The van der Waals surface area contributed by atoms with Crippen molar-refractivity contribution in [3.63, 3.8) is 0 Å². The van der Waals surface area contributed by atoms with Gasteiger partial charge in [-0.1, -0.05) is 19.8 Å². The Labute approximate surface area is 170 Å². The number of hydrogen-bond acceptors (Lipinski definition) is 3. The lowest BCUT2D eigenvalue weighted by atomic mass is 9.83. The fraction of sp³-hybridized carbons (Fsp3) is 0.889. The molecule has 0 aromatic heterocycles. The van der Waals surface area contributed by atoms with Crippen LogP contribution in [0.1, 0.15) is 58.8 Å². The van der Waals surface area contributed by atoms with Crippen LogP contribution in [0.4, 0.5) is 0 Å². The maximum atomic E-state index is 11.6. The van der Waals surface area contributed by atoms with Crippen molar-refractivity contribution in [2.75, 3.05) is 39.9 Å². The van der Waals surface area contributed by atoms with Crippen LogP contribution in [-0.2, 0) is 9.53 Å². The molecule has 0 bridgehead atoms. The molecule has 148 valence electrons. The molecule has 0 radical (unpaired) electrons. The average molecular weight is 468 g/mol. The van der Waals surface area contributed by atoms with Crippen LogP contribution < -0.4 is 16.0 Å². The Balaban J connectivity index is 0.00000576. The number of guanidine groups is 1. The molecular formula is C18H37IN4O2. The number of amides is 1. The number of ether oxygens (including phenoxy) is 1. The van der Waals surface area contributed by atoms with Gasteiger partial charge in [0.25, 0.3) is 0 Å². The minimum absolute atomic E-state index is 0. The molecule has 0 aromatic rings. The van der Waals surface area contributed by atoms with Gasteiger partial charge in [0.15, 0.2) is 5.96 Å². The highest BCUT2D eigenvalue weighted by atomic mass is 127. The molecule has 1 rings (SSSR count). The summed E-state index contributed by atoms with van der Waals surface area (Å²) in [5.74, 6) is 0.866. The van der Waals surface area contributed by atoms with Crippen LogP contribution in [0.15, 0.2) is 4.99 Å². The Kier molecular flexibility index (Phi) is 14.3. The lowest BCUT2D eigenvalue weighted by Gasteiger charge is -2.30. The first-order valence-corrected chi connectivity index (χ1v) is 9.44. The molecule has 3 N–H and O–H groups in total. The van der Waals surface area contributed by atoms with Crippen molar-refractivity contribution in [2.24, 2.45) is 10.4 Å². The van der Waals surface area contributed by atoms with Gasteiger partial charge in [-0.3, -0.25) is 9.79 Å². The van der Waals surface area contributed by atoms with Gasteiger partial charge in [0.2, 0.25) is 5.91 Å². The summed E-state index contributed by atoms with van der Waals surface area (Å²) in [4.78, 5) is 15.9. The van der Waals surface area contributed by atoms with E-state index < -0.39 is 0 Å². The van der Waals surface area contributed by atoms with Gasteiger partial charge in [-0.2, -0.15) is 0 Å². The fourth-order valence-corrected chi connectivity index (χ4v) is 3.21. The van der Waals surface area contributed by atoms with Crippen LogP contribution >= 0.6 is 24.0 Å². The lowest BCUT2D eigenvalue weighted by Crippen LogP contribution is -2.44. The summed E-state index contributed by atoms with van der Waals surface area (Å²) in [7, 11) is 1.77. The Bertz CT molecular complexity index is 385. The van der Waals surface area contributed by atoms with Gasteiger partial charge < -0.3 is 20.7 Å². The first kappa shape index (κ1) is 24.4. The number of rotatable bonds is 11. The highest BCUT2D eigenvalue weighted by Crippen LogP contribution is 2.40. The number of carbonyl (C=O) groups is 1. The normalized spacial score (nSPS) is 16.2. The second-order valence-electron chi connectivity index (χ2n) is 6.61. The van der Waals surface area contributed by atoms with Crippen molar-refractivity contribution < 1.29 is 9.53 Å². The van der Waals surface area contributed by atoms with E-state index in [0.717, 1.165) is 45.1 Å². The smallest absolute Gasteiger partial charge is 0.221 e. The molecule has 6 nitrogen and oxygen atoms in total. The van der Waals surface area contributed by atoms with Crippen LogP contribution in [0.5, 0.6) is 0 Å². The molecule has 0 heterocycles. The van der Waals surface area contributed by atoms with Crippen molar-refractivity contribution in [2.45, 2.75) is 58.8 Å². The summed E-state index contributed by atoms with van der Waals surface area (Å²) in [6, 6.07) is 0. The first-order valence-electron chi connectivity index (χ1n) is 9.44. The van der Waals surface area contributed by atoms with Crippen molar-refractivity contribution >= 4 is 35.8 Å². The molecule has 1 fully saturated rings. The largest absolute Gasteiger partial charge is 0.382 e. The number of hydrogen-bond donors (Lipinski definition) is 3. The van der Waals surface area contributed by atoms with E-state index in [4.69, 9.17) is 4.74 Å². The Hall–Kier alpha value is -0.570. The minimum atomic E-state index is 0. The summed E-state index contributed by atoms with van der Waals surface area (Å²) < 4.78 is 5.56. The molecule has 1 amide bonds. The molecule has 0 spiro atoms. The fourth-order valence-electron chi connectivity index (χ4n) is 3.21. The van der Waals surface area contributed by atoms with Gasteiger partial charge >= 0.3 is 0 Å². The number of nitrogens with one attached hydrogen (secondary N) is 3. The molecule has 1 aliphatic rings. The predicted molar refractivity (Wildman–Crippen MR) is 115 cm³/mol. The molecule has 0 atom stereocenters. The summed E-state index contributed by atoms with van der Waals surface area (Å²) in [6.45, 7) is 7.97. The SMILES string of the molecule is CCCNC(=O)CCNC(=NC)NCC1(CCOCC)CCCC1.I. The third-order valence-corrected chi connectivity index (χ3v) is 4.72.